The predicted molar refractivity (Wildman–Crippen MR) is 151 cm³/mol. The third-order valence-electron chi connectivity index (χ3n) is 6.65. The summed E-state index contributed by atoms with van der Waals surface area (Å²) in [5.41, 5.74) is 9.61. The first-order chi connectivity index (χ1) is 19.0. The summed E-state index contributed by atoms with van der Waals surface area (Å²) in [4.78, 5) is 17.5. The van der Waals surface area contributed by atoms with Crippen molar-refractivity contribution in [2.45, 2.75) is 12.5 Å². The Hall–Kier alpha value is -4.88. The second kappa shape index (κ2) is 11.2. The Balaban J connectivity index is 1.54. The fourth-order valence-corrected chi connectivity index (χ4v) is 4.57. The summed E-state index contributed by atoms with van der Waals surface area (Å²) in [6, 6.07) is 34.7. The number of hydrogen-bond acceptors (Lipinski definition) is 6. The first-order valence-electron chi connectivity index (χ1n) is 12.5. The third kappa shape index (κ3) is 5.39. The maximum atomic E-state index is 13.1. The Morgan fingerprint density at radius 2 is 1.23 bits per heavy atom. The van der Waals surface area contributed by atoms with Gasteiger partial charge in [0, 0.05) is 11.5 Å². The van der Waals surface area contributed by atoms with Gasteiger partial charge in [0.25, 0.3) is 0 Å². The first kappa shape index (κ1) is 25.8. The number of para-hydroxylation sites is 1. The Morgan fingerprint density at radius 1 is 0.692 bits per heavy atom. The highest BCUT2D eigenvalue weighted by Gasteiger charge is 2.37. The molecule has 5 aromatic rings. The number of rotatable bonds is 8. The molecule has 0 fully saturated rings. The van der Waals surface area contributed by atoms with E-state index in [1.165, 1.54) is 0 Å². The minimum absolute atomic E-state index is 0.197. The van der Waals surface area contributed by atoms with E-state index in [1.807, 2.05) is 110 Å². The number of aromatic nitrogens is 1. The van der Waals surface area contributed by atoms with E-state index in [0.29, 0.717) is 0 Å². The second-order valence-electron chi connectivity index (χ2n) is 9.05. The van der Waals surface area contributed by atoms with Gasteiger partial charge in [0.05, 0.1) is 19.7 Å². The van der Waals surface area contributed by atoms with Crippen molar-refractivity contribution in [1.82, 2.24) is 15.8 Å². The van der Waals surface area contributed by atoms with Crippen molar-refractivity contribution in [1.29, 1.82) is 0 Å². The van der Waals surface area contributed by atoms with Crippen LogP contribution in [0.4, 0.5) is 4.79 Å². The number of hydrogen-bond donors (Lipinski definition) is 2. The van der Waals surface area contributed by atoms with E-state index < -0.39 is 11.6 Å². The summed E-state index contributed by atoms with van der Waals surface area (Å²) >= 11 is 0. The smallest absolute Gasteiger partial charge is 0.428 e. The Kier molecular flexibility index (Phi) is 7.43. The molecule has 39 heavy (non-hydrogen) atoms. The summed E-state index contributed by atoms with van der Waals surface area (Å²) in [5.74, 6) is 1.64. The molecule has 7 heteroatoms. The van der Waals surface area contributed by atoms with Gasteiger partial charge in [-0.05, 0) is 60.0 Å². The zero-order valence-corrected chi connectivity index (χ0v) is 22.0. The van der Waals surface area contributed by atoms with Gasteiger partial charge in [-0.3, -0.25) is 5.43 Å². The average Bonchev–Trinajstić information content (AvgIpc) is 2.98. The van der Waals surface area contributed by atoms with Crippen molar-refractivity contribution in [3.05, 3.63) is 131 Å². The SMILES string of the molecule is COc1ccc(C(NNC(=O)Oc2ccc3ccccc3n2)(c2ccc(C)cc2)c2ccc(OC)cc2)cc1. The minimum Gasteiger partial charge on any atom is -0.497 e. The molecule has 0 unspecified atom stereocenters. The molecule has 1 aromatic heterocycles. The highest BCUT2D eigenvalue weighted by Crippen LogP contribution is 2.38. The Bertz CT molecular complexity index is 1520. The number of nitrogens with zero attached hydrogens (tertiary/aromatic N) is 1. The van der Waals surface area contributed by atoms with Crippen molar-refractivity contribution in [2.75, 3.05) is 14.2 Å². The molecule has 0 radical (unpaired) electrons. The van der Waals surface area contributed by atoms with Gasteiger partial charge in [-0.25, -0.2) is 15.2 Å². The summed E-state index contributed by atoms with van der Waals surface area (Å²) in [6.07, 6.45) is -0.698. The highest BCUT2D eigenvalue weighted by atomic mass is 16.6. The van der Waals surface area contributed by atoms with E-state index in [1.54, 1.807) is 20.3 Å². The predicted octanol–water partition coefficient (Wildman–Crippen LogP) is 6.15. The number of hydrazine groups is 1. The van der Waals surface area contributed by atoms with E-state index in [2.05, 4.69) is 15.8 Å². The molecular formula is C32H29N3O4. The number of nitrogens with one attached hydrogen (secondary N) is 2. The summed E-state index contributed by atoms with van der Waals surface area (Å²) in [7, 11) is 3.25. The van der Waals surface area contributed by atoms with Gasteiger partial charge in [-0.1, -0.05) is 72.3 Å². The summed E-state index contributed by atoms with van der Waals surface area (Å²) in [6.45, 7) is 2.03. The van der Waals surface area contributed by atoms with E-state index in [4.69, 9.17) is 14.2 Å². The summed E-state index contributed by atoms with van der Waals surface area (Å²) in [5, 5.41) is 0.959. The van der Waals surface area contributed by atoms with Crippen LogP contribution in [0.2, 0.25) is 0 Å². The van der Waals surface area contributed by atoms with Crippen LogP contribution in [0.5, 0.6) is 17.4 Å². The van der Waals surface area contributed by atoms with Crippen LogP contribution in [0.1, 0.15) is 22.3 Å². The van der Waals surface area contributed by atoms with Crippen molar-refractivity contribution in [3.8, 4) is 17.4 Å². The molecule has 1 heterocycles. The number of methoxy groups -OCH3 is 2. The quantitative estimate of drug-likeness (QED) is 0.189. The lowest BCUT2D eigenvalue weighted by Crippen LogP contribution is -2.54. The zero-order valence-electron chi connectivity index (χ0n) is 22.0. The van der Waals surface area contributed by atoms with Gasteiger partial charge in [-0.15, -0.1) is 0 Å². The van der Waals surface area contributed by atoms with E-state index in [0.717, 1.165) is 44.7 Å². The maximum absolute atomic E-state index is 13.1. The maximum Gasteiger partial charge on any atom is 0.428 e. The molecule has 2 N–H and O–H groups in total. The number of ether oxygens (including phenoxy) is 3. The van der Waals surface area contributed by atoms with Crippen LogP contribution >= 0.6 is 0 Å². The molecule has 0 saturated carbocycles. The lowest BCUT2D eigenvalue weighted by molar-refractivity contribution is 0.188. The lowest BCUT2D eigenvalue weighted by Gasteiger charge is -2.37. The molecule has 4 aromatic carbocycles. The number of benzene rings is 4. The Morgan fingerprint density at radius 3 is 1.79 bits per heavy atom. The summed E-state index contributed by atoms with van der Waals surface area (Å²) < 4.78 is 16.4. The van der Waals surface area contributed by atoms with Crippen LogP contribution in [0.3, 0.4) is 0 Å². The van der Waals surface area contributed by atoms with Crippen LogP contribution in [-0.4, -0.2) is 25.3 Å². The molecule has 0 saturated heterocycles. The monoisotopic (exact) mass is 519 g/mol. The van der Waals surface area contributed by atoms with Crippen molar-refractivity contribution in [2.24, 2.45) is 0 Å². The van der Waals surface area contributed by atoms with E-state index in [9.17, 15) is 4.79 Å². The fourth-order valence-electron chi connectivity index (χ4n) is 4.57. The minimum atomic E-state index is -0.984. The Labute approximate surface area is 227 Å². The molecule has 0 aliphatic carbocycles. The fraction of sp³-hybridized carbons (Fsp3) is 0.125. The van der Waals surface area contributed by atoms with Crippen molar-refractivity contribution >= 4 is 17.0 Å². The molecule has 1 amide bonds. The number of carbonyl (C=O) groups is 1. The number of pyridine rings is 1. The van der Waals surface area contributed by atoms with Gasteiger partial charge < -0.3 is 14.2 Å². The molecule has 0 aliphatic rings. The van der Waals surface area contributed by atoms with Gasteiger partial charge >= 0.3 is 6.09 Å². The van der Waals surface area contributed by atoms with Gasteiger partial charge in [0.1, 0.15) is 17.0 Å². The topological polar surface area (TPSA) is 81.7 Å². The van der Waals surface area contributed by atoms with E-state index in [-0.39, 0.29) is 5.88 Å². The molecule has 196 valence electrons. The van der Waals surface area contributed by atoms with Crippen LogP contribution in [0, 0.1) is 6.92 Å². The van der Waals surface area contributed by atoms with Crippen LogP contribution in [0.15, 0.2) is 109 Å². The van der Waals surface area contributed by atoms with Crippen LogP contribution < -0.4 is 25.1 Å². The average molecular weight is 520 g/mol. The molecular weight excluding hydrogens is 490 g/mol. The van der Waals surface area contributed by atoms with Crippen molar-refractivity contribution in [3.63, 3.8) is 0 Å². The van der Waals surface area contributed by atoms with Gasteiger partial charge in [0.2, 0.25) is 5.88 Å². The van der Waals surface area contributed by atoms with Crippen LogP contribution in [-0.2, 0) is 5.54 Å². The van der Waals surface area contributed by atoms with Crippen LogP contribution in [0.25, 0.3) is 10.9 Å². The van der Waals surface area contributed by atoms with E-state index >= 15 is 0 Å². The van der Waals surface area contributed by atoms with Gasteiger partial charge in [-0.2, -0.15) is 0 Å². The standard InChI is InChI=1S/C32H29N3O4/c1-22-8-11-24(12-9-22)32(25-13-17-27(37-2)18-14-25,26-15-19-28(38-3)20-16-26)35-34-31(36)39-30-21-10-23-6-4-5-7-29(23)33-30/h4-21,35H,1-3H3,(H,34,36). The zero-order chi connectivity index (χ0) is 27.2. The molecule has 7 nitrogen and oxygen atoms in total. The molecule has 0 spiro atoms. The molecule has 5 rings (SSSR count). The molecule has 0 atom stereocenters. The molecule has 0 bridgehead atoms. The molecule has 0 aliphatic heterocycles. The van der Waals surface area contributed by atoms with Crippen molar-refractivity contribution < 1.29 is 19.0 Å². The lowest BCUT2D eigenvalue weighted by atomic mass is 9.77. The van der Waals surface area contributed by atoms with Gasteiger partial charge in [0.15, 0.2) is 0 Å². The number of amides is 1. The normalized spacial score (nSPS) is 11.2. The number of carbonyl (C=O) groups excluding carboxylic acids is 1. The third-order valence-corrected chi connectivity index (χ3v) is 6.65. The largest absolute Gasteiger partial charge is 0.497 e. The second-order valence-corrected chi connectivity index (χ2v) is 9.05. The number of aryl methyl sites for hydroxylation is 1. The highest BCUT2D eigenvalue weighted by molar-refractivity contribution is 5.79. The number of fused-ring (bicyclic) bond motifs is 1. The first-order valence-corrected chi connectivity index (χ1v) is 12.5.